The second-order valence-electron chi connectivity index (χ2n) is 10.4. The van der Waals surface area contributed by atoms with Crippen LogP contribution in [0.5, 0.6) is 0 Å². The smallest absolute Gasteiger partial charge is 0.329 e. The average molecular weight is 484 g/mol. The summed E-state index contributed by atoms with van der Waals surface area (Å²) in [5.74, 6) is -0.656. The van der Waals surface area contributed by atoms with Gasteiger partial charge in [-0.2, -0.15) is 0 Å². The van der Waals surface area contributed by atoms with E-state index in [1.54, 1.807) is 0 Å². The highest BCUT2D eigenvalue weighted by molar-refractivity contribution is 5.84. The highest BCUT2D eigenvalue weighted by Gasteiger charge is 2.49. The van der Waals surface area contributed by atoms with Crippen LogP contribution in [0.4, 0.5) is 0 Å². The van der Waals surface area contributed by atoms with Gasteiger partial charge < -0.3 is 24.6 Å². The van der Waals surface area contributed by atoms with Crippen LogP contribution in [0.3, 0.4) is 0 Å². The third-order valence-corrected chi connectivity index (χ3v) is 6.99. The monoisotopic (exact) mass is 483 g/mol. The molecule has 2 rings (SSSR count). The number of amides is 1. The van der Waals surface area contributed by atoms with Crippen molar-refractivity contribution in [2.45, 2.75) is 141 Å². The van der Waals surface area contributed by atoms with Crippen molar-refractivity contribution in [3.05, 3.63) is 0 Å². The van der Waals surface area contributed by atoms with Crippen LogP contribution in [0.25, 0.3) is 0 Å². The molecule has 2 fully saturated rings. The number of rotatable bonds is 18. The zero-order valence-corrected chi connectivity index (χ0v) is 21.8. The van der Waals surface area contributed by atoms with Crippen LogP contribution >= 0.6 is 0 Å². The standard InChI is InChI=1S/C27H49NO6/c1-4-5-6-7-8-9-10-11-12-13-14-15-16-17-23(30)28-24(20(2)3)27(31)34-22-19-33-25-21(29)18-32-26(22)25/h20-22,24-26,29H,4-19H2,1-3H3,(H,28,30). The Hall–Kier alpha value is -1.18. The Labute approximate surface area is 206 Å². The number of nitrogens with one attached hydrogen (secondary N) is 1. The summed E-state index contributed by atoms with van der Waals surface area (Å²) in [5.41, 5.74) is 0. The van der Waals surface area contributed by atoms with Gasteiger partial charge in [-0.3, -0.25) is 4.79 Å². The highest BCUT2D eigenvalue weighted by Crippen LogP contribution is 2.29. The van der Waals surface area contributed by atoms with E-state index in [9.17, 15) is 14.7 Å². The molecule has 0 aliphatic carbocycles. The number of aliphatic hydroxyl groups excluding tert-OH is 1. The summed E-state index contributed by atoms with van der Waals surface area (Å²) in [6.07, 6.45) is 14.8. The molecular weight excluding hydrogens is 434 g/mol. The maximum atomic E-state index is 12.7. The van der Waals surface area contributed by atoms with Crippen molar-refractivity contribution >= 4 is 11.9 Å². The van der Waals surface area contributed by atoms with Crippen LogP contribution in [-0.2, 0) is 23.8 Å². The number of hydrogen-bond donors (Lipinski definition) is 2. The fourth-order valence-corrected chi connectivity index (χ4v) is 4.81. The van der Waals surface area contributed by atoms with E-state index in [0.717, 1.165) is 19.3 Å². The van der Waals surface area contributed by atoms with Crippen molar-refractivity contribution in [1.29, 1.82) is 0 Å². The molecular formula is C27H49NO6. The molecule has 1 amide bonds. The van der Waals surface area contributed by atoms with Gasteiger partial charge in [-0.1, -0.05) is 97.8 Å². The van der Waals surface area contributed by atoms with E-state index in [2.05, 4.69) is 12.2 Å². The predicted molar refractivity (Wildman–Crippen MR) is 132 cm³/mol. The van der Waals surface area contributed by atoms with Crippen LogP contribution in [0.15, 0.2) is 0 Å². The summed E-state index contributed by atoms with van der Waals surface area (Å²) in [6.45, 7) is 6.43. The summed E-state index contributed by atoms with van der Waals surface area (Å²) in [7, 11) is 0. The van der Waals surface area contributed by atoms with Crippen molar-refractivity contribution < 1.29 is 28.9 Å². The number of esters is 1. The van der Waals surface area contributed by atoms with Gasteiger partial charge in [0.15, 0.2) is 6.10 Å². The SMILES string of the molecule is CCCCCCCCCCCCCCCC(=O)NC(C(=O)OC1COC2C(O)COC12)C(C)C. The van der Waals surface area contributed by atoms with Crippen LogP contribution in [0, 0.1) is 5.92 Å². The lowest BCUT2D eigenvalue weighted by molar-refractivity contribution is -0.158. The minimum absolute atomic E-state index is 0.0868. The van der Waals surface area contributed by atoms with Crippen LogP contribution in [-0.4, -0.2) is 60.7 Å². The molecule has 2 aliphatic heterocycles. The molecule has 5 atom stereocenters. The number of hydrogen-bond acceptors (Lipinski definition) is 6. The zero-order chi connectivity index (χ0) is 24.8. The maximum absolute atomic E-state index is 12.7. The van der Waals surface area contributed by atoms with Crippen LogP contribution in [0.1, 0.15) is 111 Å². The van der Waals surface area contributed by atoms with Gasteiger partial charge in [0, 0.05) is 6.42 Å². The third-order valence-electron chi connectivity index (χ3n) is 6.99. The molecule has 7 nitrogen and oxygen atoms in total. The van der Waals surface area contributed by atoms with Crippen molar-refractivity contribution in [3.8, 4) is 0 Å². The quantitative estimate of drug-likeness (QED) is 0.217. The molecule has 0 bridgehead atoms. The molecule has 2 saturated heterocycles. The van der Waals surface area contributed by atoms with E-state index in [0.29, 0.717) is 6.42 Å². The van der Waals surface area contributed by atoms with Gasteiger partial charge in [0.1, 0.15) is 24.4 Å². The van der Waals surface area contributed by atoms with Gasteiger partial charge >= 0.3 is 5.97 Å². The molecule has 198 valence electrons. The van der Waals surface area contributed by atoms with Crippen molar-refractivity contribution in [2.24, 2.45) is 5.92 Å². The molecule has 5 unspecified atom stereocenters. The first-order valence-corrected chi connectivity index (χ1v) is 13.8. The molecule has 0 radical (unpaired) electrons. The lowest BCUT2D eigenvalue weighted by Crippen LogP contribution is -2.47. The number of fused-ring (bicyclic) bond motifs is 1. The Morgan fingerprint density at radius 3 is 1.94 bits per heavy atom. The van der Waals surface area contributed by atoms with Gasteiger partial charge in [-0.25, -0.2) is 4.79 Å². The first-order valence-electron chi connectivity index (χ1n) is 13.8. The van der Waals surface area contributed by atoms with Gasteiger partial charge in [-0.05, 0) is 12.3 Å². The molecule has 0 aromatic heterocycles. The maximum Gasteiger partial charge on any atom is 0.329 e. The molecule has 0 aromatic carbocycles. The fourth-order valence-electron chi connectivity index (χ4n) is 4.81. The number of ether oxygens (including phenoxy) is 3. The first-order chi connectivity index (χ1) is 16.4. The second-order valence-corrected chi connectivity index (χ2v) is 10.4. The highest BCUT2D eigenvalue weighted by atomic mass is 16.6. The zero-order valence-electron chi connectivity index (χ0n) is 21.8. The van der Waals surface area contributed by atoms with Crippen molar-refractivity contribution in [3.63, 3.8) is 0 Å². The minimum atomic E-state index is -0.695. The Bertz CT molecular complexity index is 583. The third kappa shape index (κ3) is 10.2. The normalized spacial score (nSPS) is 24.9. The number of unbranched alkanes of at least 4 members (excludes halogenated alkanes) is 12. The van der Waals surface area contributed by atoms with E-state index < -0.39 is 36.4 Å². The molecule has 0 aromatic rings. The van der Waals surface area contributed by atoms with E-state index >= 15 is 0 Å². The van der Waals surface area contributed by atoms with E-state index in [1.807, 2.05) is 13.8 Å². The number of aliphatic hydroxyl groups is 1. The Morgan fingerprint density at radius 2 is 1.38 bits per heavy atom. The predicted octanol–water partition coefficient (Wildman–Crippen LogP) is 4.68. The topological polar surface area (TPSA) is 94.1 Å². The van der Waals surface area contributed by atoms with Gasteiger partial charge in [0.2, 0.25) is 5.91 Å². The summed E-state index contributed by atoms with van der Waals surface area (Å²) >= 11 is 0. The summed E-state index contributed by atoms with van der Waals surface area (Å²) in [6, 6.07) is -0.695. The fraction of sp³-hybridized carbons (Fsp3) is 0.926. The van der Waals surface area contributed by atoms with Crippen LogP contribution in [0.2, 0.25) is 0 Å². The van der Waals surface area contributed by atoms with E-state index in [1.165, 1.54) is 64.2 Å². The summed E-state index contributed by atoms with van der Waals surface area (Å²) in [5, 5.41) is 12.7. The van der Waals surface area contributed by atoms with Crippen LogP contribution < -0.4 is 5.32 Å². The lowest BCUT2D eigenvalue weighted by Gasteiger charge is -2.24. The van der Waals surface area contributed by atoms with Crippen molar-refractivity contribution in [1.82, 2.24) is 5.32 Å². The lowest BCUT2D eigenvalue weighted by atomic mass is 10.0. The number of carbonyl (C=O) groups excluding carboxylic acids is 2. The van der Waals surface area contributed by atoms with Gasteiger partial charge in [0.05, 0.1) is 13.2 Å². The molecule has 2 N–H and O–H groups in total. The molecule has 0 spiro atoms. The number of carbonyl (C=O) groups is 2. The molecule has 7 heteroatoms. The second kappa shape index (κ2) is 16.5. The Kier molecular flexibility index (Phi) is 14.1. The Morgan fingerprint density at radius 1 is 0.853 bits per heavy atom. The molecule has 2 aliphatic rings. The molecule has 2 heterocycles. The van der Waals surface area contributed by atoms with Crippen molar-refractivity contribution in [2.75, 3.05) is 13.2 Å². The largest absolute Gasteiger partial charge is 0.455 e. The minimum Gasteiger partial charge on any atom is -0.455 e. The van der Waals surface area contributed by atoms with Gasteiger partial charge in [0.25, 0.3) is 0 Å². The summed E-state index contributed by atoms with van der Waals surface area (Å²) < 4.78 is 16.6. The average Bonchev–Trinajstić information content (AvgIpc) is 3.38. The first kappa shape index (κ1) is 29.1. The molecule has 0 saturated carbocycles. The summed E-state index contributed by atoms with van der Waals surface area (Å²) in [4.78, 5) is 25.1. The van der Waals surface area contributed by atoms with E-state index in [4.69, 9.17) is 14.2 Å². The molecule has 34 heavy (non-hydrogen) atoms. The Balaban J connectivity index is 1.52. The van der Waals surface area contributed by atoms with Gasteiger partial charge in [-0.15, -0.1) is 0 Å². The van der Waals surface area contributed by atoms with E-state index in [-0.39, 0.29) is 25.0 Å².